The Labute approximate surface area is 128 Å². The lowest BCUT2D eigenvalue weighted by Crippen LogP contribution is -2.36. The molecule has 0 aromatic carbocycles. The SMILES string of the molecule is CC(=O)O.CC(=O)O.CC(=O)O.CC(=O)O.NCC(N)CN. The van der Waals surface area contributed by atoms with Gasteiger partial charge in [0.1, 0.15) is 0 Å². The van der Waals surface area contributed by atoms with Gasteiger partial charge < -0.3 is 37.6 Å². The summed E-state index contributed by atoms with van der Waals surface area (Å²) >= 11 is 0. The highest BCUT2D eigenvalue weighted by Crippen LogP contribution is 1.60. The molecular formula is C11H27N3O8. The van der Waals surface area contributed by atoms with E-state index in [4.69, 9.17) is 56.8 Å². The first kappa shape index (κ1) is 31.9. The van der Waals surface area contributed by atoms with E-state index in [0.29, 0.717) is 13.1 Å². The summed E-state index contributed by atoms with van der Waals surface area (Å²) in [5, 5.41) is 29.7. The van der Waals surface area contributed by atoms with Crippen LogP contribution >= 0.6 is 0 Å². The van der Waals surface area contributed by atoms with Gasteiger partial charge in [-0.25, -0.2) is 0 Å². The van der Waals surface area contributed by atoms with Gasteiger partial charge in [-0.05, 0) is 0 Å². The molecule has 0 bridgehead atoms. The topological polar surface area (TPSA) is 227 Å². The number of carbonyl (C=O) groups is 4. The summed E-state index contributed by atoms with van der Waals surface area (Å²) in [6.45, 7) is 5.30. The lowest BCUT2D eigenvalue weighted by molar-refractivity contribution is -0.135. The smallest absolute Gasteiger partial charge is 0.300 e. The Hall–Kier alpha value is -2.24. The molecule has 11 heteroatoms. The predicted octanol–water partition coefficient (Wildman–Crippen LogP) is -1.41. The zero-order chi connectivity index (χ0) is 19.3. The molecule has 22 heavy (non-hydrogen) atoms. The molecule has 0 rings (SSSR count). The molecule has 0 amide bonds. The molecule has 0 heterocycles. The van der Waals surface area contributed by atoms with Crippen molar-refractivity contribution in [3.05, 3.63) is 0 Å². The maximum absolute atomic E-state index is 9.00. The molecule has 0 aromatic rings. The van der Waals surface area contributed by atoms with Crippen molar-refractivity contribution in [2.24, 2.45) is 17.2 Å². The molecule has 0 aliphatic carbocycles. The second-order valence-electron chi connectivity index (χ2n) is 3.31. The van der Waals surface area contributed by atoms with Gasteiger partial charge in [-0.1, -0.05) is 0 Å². The molecule has 0 aliphatic rings. The lowest BCUT2D eigenvalue weighted by atomic mass is 10.3. The van der Waals surface area contributed by atoms with Crippen LogP contribution in [0.15, 0.2) is 0 Å². The zero-order valence-electron chi connectivity index (χ0n) is 13.1. The number of carboxylic acid groups (broad SMARTS) is 4. The van der Waals surface area contributed by atoms with Gasteiger partial charge in [-0.2, -0.15) is 0 Å². The third-order valence-corrected chi connectivity index (χ3v) is 0.605. The quantitative estimate of drug-likeness (QED) is 0.311. The third kappa shape index (κ3) is 1610. The fourth-order valence-corrected chi connectivity index (χ4v) is 0.0962. The molecular weight excluding hydrogens is 302 g/mol. The van der Waals surface area contributed by atoms with Crippen molar-refractivity contribution in [1.82, 2.24) is 0 Å². The number of carboxylic acids is 4. The molecule has 0 saturated carbocycles. The minimum atomic E-state index is -0.833. The van der Waals surface area contributed by atoms with Crippen LogP contribution in [0.5, 0.6) is 0 Å². The monoisotopic (exact) mass is 329 g/mol. The third-order valence-electron chi connectivity index (χ3n) is 0.605. The molecule has 0 unspecified atom stereocenters. The maximum atomic E-state index is 9.00. The average molecular weight is 329 g/mol. The van der Waals surface area contributed by atoms with Gasteiger partial charge in [0.2, 0.25) is 0 Å². The first-order valence-corrected chi connectivity index (χ1v) is 5.68. The van der Waals surface area contributed by atoms with Crippen molar-refractivity contribution in [2.75, 3.05) is 13.1 Å². The highest BCUT2D eigenvalue weighted by molar-refractivity contribution is 5.63. The standard InChI is InChI=1S/C3H11N3.4C2H4O2/c4-1-3(6)2-5;4*1-2(3)4/h3H,1-2,4-6H2;4*1H3,(H,3,4). The van der Waals surface area contributed by atoms with Gasteiger partial charge in [0, 0.05) is 46.8 Å². The first-order chi connectivity index (χ1) is 9.74. The number of hydrogen-bond acceptors (Lipinski definition) is 7. The van der Waals surface area contributed by atoms with E-state index in [-0.39, 0.29) is 6.04 Å². The number of aliphatic carboxylic acids is 4. The van der Waals surface area contributed by atoms with Crippen molar-refractivity contribution in [3.63, 3.8) is 0 Å². The van der Waals surface area contributed by atoms with Crippen LogP contribution in [0.25, 0.3) is 0 Å². The number of rotatable bonds is 2. The van der Waals surface area contributed by atoms with Crippen LogP contribution in [0, 0.1) is 0 Å². The van der Waals surface area contributed by atoms with E-state index < -0.39 is 23.9 Å². The Kier molecular flexibility index (Phi) is 39.4. The molecule has 0 saturated heterocycles. The van der Waals surface area contributed by atoms with E-state index in [1.165, 1.54) is 0 Å². The summed E-state index contributed by atoms with van der Waals surface area (Å²) in [6, 6.07) is -0.00926. The minimum absolute atomic E-state index is 0.00926. The summed E-state index contributed by atoms with van der Waals surface area (Å²) < 4.78 is 0. The highest BCUT2D eigenvalue weighted by atomic mass is 16.4. The van der Waals surface area contributed by atoms with Crippen LogP contribution in [0.1, 0.15) is 27.7 Å². The Bertz CT molecular complexity index is 229. The normalized spacial score (nSPS) is 7.27. The maximum Gasteiger partial charge on any atom is 0.300 e. The van der Waals surface area contributed by atoms with Crippen molar-refractivity contribution in [2.45, 2.75) is 33.7 Å². The van der Waals surface area contributed by atoms with Crippen molar-refractivity contribution < 1.29 is 39.6 Å². The second-order valence-corrected chi connectivity index (χ2v) is 3.31. The van der Waals surface area contributed by atoms with E-state index in [2.05, 4.69) is 0 Å². The first-order valence-electron chi connectivity index (χ1n) is 5.68. The van der Waals surface area contributed by atoms with Crippen LogP contribution in [0.4, 0.5) is 0 Å². The largest absolute Gasteiger partial charge is 0.481 e. The van der Waals surface area contributed by atoms with E-state index in [9.17, 15) is 0 Å². The van der Waals surface area contributed by atoms with Gasteiger partial charge in [-0.3, -0.25) is 19.2 Å². The average Bonchev–Trinajstić information content (AvgIpc) is 2.24. The van der Waals surface area contributed by atoms with Crippen molar-refractivity contribution in [1.29, 1.82) is 0 Å². The Morgan fingerprint density at radius 1 is 0.682 bits per heavy atom. The molecule has 11 nitrogen and oxygen atoms in total. The summed E-state index contributed by atoms with van der Waals surface area (Å²) in [5.74, 6) is -3.33. The minimum Gasteiger partial charge on any atom is -0.481 e. The van der Waals surface area contributed by atoms with Gasteiger partial charge in [-0.15, -0.1) is 0 Å². The van der Waals surface area contributed by atoms with E-state index in [0.717, 1.165) is 27.7 Å². The number of hydrogen-bond donors (Lipinski definition) is 7. The van der Waals surface area contributed by atoms with Gasteiger partial charge in [0.15, 0.2) is 0 Å². The predicted molar refractivity (Wildman–Crippen MR) is 79.3 cm³/mol. The molecule has 0 atom stereocenters. The number of nitrogens with two attached hydrogens (primary N) is 3. The van der Waals surface area contributed by atoms with Gasteiger partial charge >= 0.3 is 0 Å². The Balaban J connectivity index is -0.0000000555. The van der Waals surface area contributed by atoms with Crippen LogP contribution in [-0.2, 0) is 19.2 Å². The van der Waals surface area contributed by atoms with Crippen molar-refractivity contribution in [3.8, 4) is 0 Å². The molecule has 0 aliphatic heterocycles. The fourth-order valence-electron chi connectivity index (χ4n) is 0.0962. The molecule has 0 radical (unpaired) electrons. The van der Waals surface area contributed by atoms with Gasteiger partial charge in [0.25, 0.3) is 23.9 Å². The Morgan fingerprint density at radius 2 is 0.773 bits per heavy atom. The van der Waals surface area contributed by atoms with E-state index >= 15 is 0 Å². The molecule has 0 spiro atoms. The van der Waals surface area contributed by atoms with Crippen molar-refractivity contribution >= 4 is 23.9 Å². The molecule has 0 aromatic heterocycles. The van der Waals surface area contributed by atoms with E-state index in [1.54, 1.807) is 0 Å². The summed E-state index contributed by atoms with van der Waals surface area (Å²) in [7, 11) is 0. The highest BCUT2D eigenvalue weighted by Gasteiger charge is 1.89. The molecule has 0 fully saturated rings. The molecule has 10 N–H and O–H groups in total. The van der Waals surface area contributed by atoms with Gasteiger partial charge in [0.05, 0.1) is 0 Å². The van der Waals surface area contributed by atoms with Crippen LogP contribution in [-0.4, -0.2) is 63.4 Å². The Morgan fingerprint density at radius 3 is 0.773 bits per heavy atom. The second kappa shape index (κ2) is 27.2. The van der Waals surface area contributed by atoms with Crippen LogP contribution in [0.2, 0.25) is 0 Å². The summed E-state index contributed by atoms with van der Waals surface area (Å²) in [6.07, 6.45) is 0. The summed E-state index contributed by atoms with van der Waals surface area (Å²) in [5.41, 5.74) is 15.4. The zero-order valence-corrected chi connectivity index (χ0v) is 13.1. The van der Waals surface area contributed by atoms with Crippen LogP contribution in [0.3, 0.4) is 0 Å². The fraction of sp³-hybridized carbons (Fsp3) is 0.636. The lowest BCUT2D eigenvalue weighted by Gasteiger charge is -1.99. The van der Waals surface area contributed by atoms with E-state index in [1.807, 2.05) is 0 Å². The molecule has 134 valence electrons. The summed E-state index contributed by atoms with van der Waals surface area (Å²) in [4.78, 5) is 36.0. The van der Waals surface area contributed by atoms with Crippen LogP contribution < -0.4 is 17.2 Å².